The summed E-state index contributed by atoms with van der Waals surface area (Å²) in [4.78, 5) is 21.0. The van der Waals surface area contributed by atoms with Crippen molar-refractivity contribution in [2.75, 3.05) is 57.8 Å². The van der Waals surface area contributed by atoms with E-state index in [1.165, 1.54) is 5.69 Å². The Morgan fingerprint density at radius 1 is 1.18 bits per heavy atom. The van der Waals surface area contributed by atoms with Crippen LogP contribution in [0.15, 0.2) is 29.3 Å². The van der Waals surface area contributed by atoms with E-state index in [0.717, 1.165) is 57.4 Å². The van der Waals surface area contributed by atoms with Gasteiger partial charge in [0.15, 0.2) is 5.96 Å². The number of ether oxygens (including phenoxy) is 1. The molecule has 1 aromatic carbocycles. The van der Waals surface area contributed by atoms with E-state index in [4.69, 9.17) is 4.74 Å². The Hall–Kier alpha value is -1.71. The number of piperazine rings is 1. The molecule has 0 radical (unpaired) electrons. The number of rotatable bonds is 8. The Balaban J connectivity index is 0.00000392. The van der Waals surface area contributed by atoms with Crippen LogP contribution in [0.2, 0.25) is 0 Å². The molecule has 0 spiro atoms. The molecule has 7 nitrogen and oxygen atoms in total. The molecule has 28 heavy (non-hydrogen) atoms. The largest absolute Gasteiger partial charge is 0.497 e. The van der Waals surface area contributed by atoms with Crippen LogP contribution in [0.3, 0.4) is 0 Å². The molecule has 1 aliphatic rings. The highest BCUT2D eigenvalue weighted by Crippen LogP contribution is 2.22. The van der Waals surface area contributed by atoms with Gasteiger partial charge in [-0.2, -0.15) is 0 Å². The molecule has 8 heteroatoms. The van der Waals surface area contributed by atoms with Crippen molar-refractivity contribution < 1.29 is 9.53 Å². The summed E-state index contributed by atoms with van der Waals surface area (Å²) in [6.07, 6.45) is 1.38. The molecule has 0 saturated carbocycles. The van der Waals surface area contributed by atoms with E-state index in [2.05, 4.69) is 44.5 Å². The van der Waals surface area contributed by atoms with Crippen LogP contribution in [0.4, 0.5) is 5.69 Å². The zero-order valence-corrected chi connectivity index (χ0v) is 19.6. The minimum Gasteiger partial charge on any atom is -0.497 e. The van der Waals surface area contributed by atoms with Crippen LogP contribution in [0.1, 0.15) is 26.7 Å². The van der Waals surface area contributed by atoms with Crippen molar-refractivity contribution in [3.05, 3.63) is 24.3 Å². The van der Waals surface area contributed by atoms with Gasteiger partial charge in [-0.25, -0.2) is 0 Å². The Kier molecular flexibility index (Phi) is 11.7. The van der Waals surface area contributed by atoms with Crippen LogP contribution in [0.5, 0.6) is 5.75 Å². The quantitative estimate of drug-likeness (QED) is 0.324. The lowest BCUT2D eigenvalue weighted by atomic mass is 10.2. The molecule has 0 aromatic heterocycles. The molecule has 1 aromatic rings. The van der Waals surface area contributed by atoms with Gasteiger partial charge < -0.3 is 25.2 Å². The third-order valence-corrected chi connectivity index (χ3v) is 4.51. The molecule has 2 N–H and O–H groups in total. The number of anilines is 1. The number of halogens is 1. The summed E-state index contributed by atoms with van der Waals surface area (Å²) >= 11 is 0. The van der Waals surface area contributed by atoms with E-state index >= 15 is 0 Å². The number of benzene rings is 1. The standard InChI is InChI=1S/C20H33N5O2.HI/c1-4-10-22-19(26)9-11-23-20(21-5-2)25-14-12-24(13-15-25)17-7-6-8-18(16-17)27-3;/h6-8,16H,4-5,9-15H2,1-3H3,(H,21,23)(H,22,26);1H. The van der Waals surface area contributed by atoms with Crippen LogP contribution in [-0.2, 0) is 4.79 Å². The molecule has 1 saturated heterocycles. The first kappa shape index (κ1) is 24.3. The summed E-state index contributed by atoms with van der Waals surface area (Å²) < 4.78 is 5.33. The molecule has 0 aliphatic carbocycles. The monoisotopic (exact) mass is 503 g/mol. The van der Waals surface area contributed by atoms with Crippen molar-refractivity contribution in [2.24, 2.45) is 4.99 Å². The van der Waals surface area contributed by atoms with Crippen molar-refractivity contribution >= 4 is 41.5 Å². The highest BCUT2D eigenvalue weighted by Gasteiger charge is 2.20. The maximum atomic E-state index is 11.7. The molecule has 1 aliphatic heterocycles. The Morgan fingerprint density at radius 2 is 1.93 bits per heavy atom. The van der Waals surface area contributed by atoms with E-state index in [0.29, 0.717) is 13.0 Å². The van der Waals surface area contributed by atoms with Crippen molar-refractivity contribution in [2.45, 2.75) is 26.7 Å². The van der Waals surface area contributed by atoms with Crippen LogP contribution >= 0.6 is 24.0 Å². The van der Waals surface area contributed by atoms with Crippen LogP contribution in [0, 0.1) is 0 Å². The zero-order chi connectivity index (χ0) is 19.5. The predicted octanol–water partition coefficient (Wildman–Crippen LogP) is 2.32. The lowest BCUT2D eigenvalue weighted by Gasteiger charge is -2.37. The molecule has 0 unspecified atom stereocenters. The summed E-state index contributed by atoms with van der Waals surface area (Å²) in [7, 11) is 1.69. The van der Waals surface area contributed by atoms with Crippen LogP contribution in [0.25, 0.3) is 0 Å². The fourth-order valence-corrected chi connectivity index (χ4v) is 3.03. The van der Waals surface area contributed by atoms with E-state index in [9.17, 15) is 4.79 Å². The van der Waals surface area contributed by atoms with Gasteiger partial charge in [0.1, 0.15) is 5.75 Å². The SMILES string of the molecule is CCCNC(=O)CCN=C(NCC)N1CCN(c2cccc(OC)c2)CC1.I. The molecule has 0 atom stereocenters. The summed E-state index contributed by atoms with van der Waals surface area (Å²) in [5, 5.41) is 6.24. The van der Waals surface area contributed by atoms with E-state index in [1.54, 1.807) is 7.11 Å². The first-order valence-electron chi connectivity index (χ1n) is 9.86. The Bertz CT molecular complexity index is 618. The highest BCUT2D eigenvalue weighted by atomic mass is 127. The molecule has 1 amide bonds. The second kappa shape index (κ2) is 13.5. The van der Waals surface area contributed by atoms with Crippen LogP contribution in [-0.4, -0.2) is 69.7 Å². The molecule has 1 heterocycles. The first-order valence-corrected chi connectivity index (χ1v) is 9.86. The normalized spacial score (nSPS) is 14.3. The lowest BCUT2D eigenvalue weighted by molar-refractivity contribution is -0.120. The molecule has 2 rings (SSSR count). The summed E-state index contributed by atoms with van der Waals surface area (Å²) in [6, 6.07) is 8.18. The maximum Gasteiger partial charge on any atom is 0.221 e. The number of methoxy groups -OCH3 is 1. The van der Waals surface area contributed by atoms with Gasteiger partial charge in [0, 0.05) is 57.4 Å². The van der Waals surface area contributed by atoms with E-state index in [-0.39, 0.29) is 29.9 Å². The Labute approximate surface area is 185 Å². The number of carbonyl (C=O) groups excluding carboxylic acids is 1. The van der Waals surface area contributed by atoms with Gasteiger partial charge in [0.05, 0.1) is 13.7 Å². The summed E-state index contributed by atoms with van der Waals surface area (Å²) in [5.41, 5.74) is 1.18. The topological polar surface area (TPSA) is 69.2 Å². The van der Waals surface area contributed by atoms with Crippen molar-refractivity contribution in [1.82, 2.24) is 15.5 Å². The molecule has 158 valence electrons. The smallest absolute Gasteiger partial charge is 0.221 e. The van der Waals surface area contributed by atoms with Crippen molar-refractivity contribution in [1.29, 1.82) is 0 Å². The molecular weight excluding hydrogens is 469 g/mol. The second-order valence-electron chi connectivity index (χ2n) is 6.51. The van der Waals surface area contributed by atoms with Crippen LogP contribution < -0.4 is 20.3 Å². The molecule has 1 fully saturated rings. The highest BCUT2D eigenvalue weighted by molar-refractivity contribution is 14.0. The van der Waals surface area contributed by atoms with E-state index in [1.807, 2.05) is 19.1 Å². The van der Waals surface area contributed by atoms with Gasteiger partial charge in [-0.05, 0) is 25.5 Å². The zero-order valence-electron chi connectivity index (χ0n) is 17.2. The van der Waals surface area contributed by atoms with Gasteiger partial charge in [-0.15, -0.1) is 24.0 Å². The average molecular weight is 503 g/mol. The number of carbonyl (C=O) groups is 1. The van der Waals surface area contributed by atoms with Gasteiger partial charge in [-0.3, -0.25) is 9.79 Å². The maximum absolute atomic E-state index is 11.7. The number of amides is 1. The average Bonchev–Trinajstić information content (AvgIpc) is 2.72. The number of nitrogens with zero attached hydrogens (tertiary/aromatic N) is 3. The molecular formula is C20H34IN5O2. The van der Waals surface area contributed by atoms with Gasteiger partial charge in [-0.1, -0.05) is 13.0 Å². The van der Waals surface area contributed by atoms with E-state index < -0.39 is 0 Å². The van der Waals surface area contributed by atoms with Gasteiger partial charge >= 0.3 is 0 Å². The summed E-state index contributed by atoms with van der Waals surface area (Å²) in [6.45, 7) is 9.81. The number of aliphatic imine (C=N–C) groups is 1. The number of nitrogens with one attached hydrogen (secondary N) is 2. The summed E-state index contributed by atoms with van der Waals surface area (Å²) in [5.74, 6) is 1.84. The van der Waals surface area contributed by atoms with Crippen molar-refractivity contribution in [3.63, 3.8) is 0 Å². The van der Waals surface area contributed by atoms with Gasteiger partial charge in [0.2, 0.25) is 5.91 Å². The third-order valence-electron chi connectivity index (χ3n) is 4.51. The fourth-order valence-electron chi connectivity index (χ4n) is 3.03. The predicted molar refractivity (Wildman–Crippen MR) is 126 cm³/mol. The van der Waals surface area contributed by atoms with Gasteiger partial charge in [0.25, 0.3) is 0 Å². The third kappa shape index (κ3) is 7.73. The lowest BCUT2D eigenvalue weighted by Crippen LogP contribution is -2.52. The minimum absolute atomic E-state index is 0. The number of guanidine groups is 1. The van der Waals surface area contributed by atoms with Crippen molar-refractivity contribution in [3.8, 4) is 5.75 Å². The number of hydrogen-bond acceptors (Lipinski definition) is 4. The minimum atomic E-state index is 0. The first-order chi connectivity index (χ1) is 13.2. The Morgan fingerprint density at radius 3 is 2.57 bits per heavy atom. The number of hydrogen-bond donors (Lipinski definition) is 2. The molecule has 0 bridgehead atoms. The fraction of sp³-hybridized carbons (Fsp3) is 0.600. The second-order valence-corrected chi connectivity index (χ2v) is 6.51.